The van der Waals surface area contributed by atoms with Crippen LogP contribution in [0.1, 0.15) is 15.9 Å². The molecule has 0 atom stereocenters. The molecule has 1 aromatic heterocycles. The molecular weight excluding hydrogens is 284 g/mol. The second-order valence-electron chi connectivity index (χ2n) is 4.70. The number of aromatic carboxylic acids is 1. The second-order valence-corrected chi connectivity index (χ2v) is 4.70. The summed E-state index contributed by atoms with van der Waals surface area (Å²) >= 11 is 0. The van der Waals surface area contributed by atoms with Crippen molar-refractivity contribution in [3.8, 4) is 5.88 Å². The Balaban J connectivity index is 1.89. The summed E-state index contributed by atoms with van der Waals surface area (Å²) in [7, 11) is 0. The highest BCUT2D eigenvalue weighted by Crippen LogP contribution is 2.20. The zero-order valence-electron chi connectivity index (χ0n) is 11.4. The van der Waals surface area contributed by atoms with Gasteiger partial charge in [-0.3, -0.25) is 4.79 Å². The molecule has 0 aliphatic rings. The molecular formula is C16H12N2O4. The van der Waals surface area contributed by atoms with E-state index in [9.17, 15) is 9.59 Å². The Kier molecular flexibility index (Phi) is 3.57. The molecule has 0 spiro atoms. The number of hydrogen-bond donors (Lipinski definition) is 2. The van der Waals surface area contributed by atoms with E-state index >= 15 is 0 Å². The molecule has 0 fully saturated rings. The van der Waals surface area contributed by atoms with Gasteiger partial charge in [-0.1, -0.05) is 24.3 Å². The summed E-state index contributed by atoms with van der Waals surface area (Å²) in [4.78, 5) is 22.6. The van der Waals surface area contributed by atoms with Crippen molar-refractivity contribution in [1.29, 1.82) is 0 Å². The average molecular weight is 296 g/mol. The van der Waals surface area contributed by atoms with Gasteiger partial charge in [0.25, 0.3) is 5.56 Å². The van der Waals surface area contributed by atoms with Crippen molar-refractivity contribution >= 4 is 16.7 Å². The first-order chi connectivity index (χ1) is 10.6. The van der Waals surface area contributed by atoms with Crippen LogP contribution >= 0.6 is 0 Å². The van der Waals surface area contributed by atoms with Crippen LogP contribution in [0.15, 0.2) is 53.3 Å². The summed E-state index contributed by atoms with van der Waals surface area (Å²) in [5, 5.41) is 16.4. The van der Waals surface area contributed by atoms with Crippen molar-refractivity contribution < 1.29 is 14.6 Å². The van der Waals surface area contributed by atoms with Crippen molar-refractivity contribution in [2.24, 2.45) is 0 Å². The molecule has 6 heteroatoms. The summed E-state index contributed by atoms with van der Waals surface area (Å²) in [6.07, 6.45) is 0. The van der Waals surface area contributed by atoms with Crippen LogP contribution in [0, 0.1) is 0 Å². The Morgan fingerprint density at radius 2 is 1.91 bits per heavy atom. The number of H-pyrrole nitrogens is 1. The van der Waals surface area contributed by atoms with Crippen molar-refractivity contribution in [3.05, 3.63) is 70.0 Å². The number of nitrogens with one attached hydrogen (secondary N) is 1. The van der Waals surface area contributed by atoms with Gasteiger partial charge in [0.2, 0.25) is 5.88 Å². The van der Waals surface area contributed by atoms with Gasteiger partial charge in [-0.2, -0.15) is 0 Å². The number of nitrogens with zero attached hydrogens (tertiary/aromatic N) is 1. The SMILES string of the molecule is O=C(O)c1cccc(COc2n[nH]c(=O)c3ccccc23)c1. The average Bonchev–Trinajstić information content (AvgIpc) is 2.55. The summed E-state index contributed by atoms with van der Waals surface area (Å²) in [6, 6.07) is 13.5. The van der Waals surface area contributed by atoms with Crippen LogP contribution in [0.5, 0.6) is 5.88 Å². The molecule has 1 heterocycles. The van der Waals surface area contributed by atoms with Gasteiger partial charge < -0.3 is 9.84 Å². The fraction of sp³-hybridized carbons (Fsp3) is 0.0625. The molecule has 110 valence electrons. The van der Waals surface area contributed by atoms with Crippen molar-refractivity contribution in [3.63, 3.8) is 0 Å². The van der Waals surface area contributed by atoms with E-state index in [1.807, 2.05) is 0 Å². The van der Waals surface area contributed by atoms with Crippen LogP contribution in [-0.2, 0) is 6.61 Å². The number of carboxylic acid groups (broad SMARTS) is 1. The Morgan fingerprint density at radius 1 is 1.14 bits per heavy atom. The zero-order valence-corrected chi connectivity index (χ0v) is 11.4. The summed E-state index contributed by atoms with van der Waals surface area (Å²) in [5.41, 5.74) is 0.619. The summed E-state index contributed by atoms with van der Waals surface area (Å²) < 4.78 is 5.62. The molecule has 2 N–H and O–H groups in total. The van der Waals surface area contributed by atoms with Crippen molar-refractivity contribution in [1.82, 2.24) is 10.2 Å². The highest BCUT2D eigenvalue weighted by Gasteiger charge is 2.08. The lowest BCUT2D eigenvalue weighted by molar-refractivity contribution is 0.0696. The molecule has 0 aliphatic heterocycles. The first-order valence-electron chi connectivity index (χ1n) is 6.57. The molecule has 3 rings (SSSR count). The number of ether oxygens (including phenoxy) is 1. The topological polar surface area (TPSA) is 92.3 Å². The number of aromatic nitrogens is 2. The number of carbonyl (C=O) groups is 1. The quantitative estimate of drug-likeness (QED) is 0.770. The summed E-state index contributed by atoms with van der Waals surface area (Å²) in [6.45, 7) is 0.157. The van der Waals surface area contributed by atoms with Gasteiger partial charge in [-0.25, -0.2) is 9.89 Å². The Hall–Kier alpha value is -3.15. The lowest BCUT2D eigenvalue weighted by Gasteiger charge is -2.08. The smallest absolute Gasteiger partial charge is 0.335 e. The number of benzene rings is 2. The number of aromatic amines is 1. The van der Waals surface area contributed by atoms with Gasteiger partial charge in [0.05, 0.1) is 16.3 Å². The maximum absolute atomic E-state index is 11.7. The van der Waals surface area contributed by atoms with Crippen LogP contribution in [-0.4, -0.2) is 21.3 Å². The lowest BCUT2D eigenvalue weighted by atomic mass is 10.1. The fourth-order valence-electron chi connectivity index (χ4n) is 2.15. The monoisotopic (exact) mass is 296 g/mol. The number of fused-ring (bicyclic) bond motifs is 1. The number of carboxylic acids is 1. The highest BCUT2D eigenvalue weighted by molar-refractivity contribution is 5.87. The maximum Gasteiger partial charge on any atom is 0.335 e. The molecule has 2 aromatic carbocycles. The normalized spacial score (nSPS) is 10.5. The molecule has 0 aliphatic carbocycles. The van der Waals surface area contributed by atoms with Gasteiger partial charge in [0.1, 0.15) is 6.61 Å². The molecule has 3 aromatic rings. The van der Waals surface area contributed by atoms with E-state index in [-0.39, 0.29) is 17.7 Å². The van der Waals surface area contributed by atoms with Crippen LogP contribution in [0.4, 0.5) is 0 Å². The lowest BCUT2D eigenvalue weighted by Crippen LogP contribution is -2.10. The van der Waals surface area contributed by atoms with Crippen molar-refractivity contribution in [2.45, 2.75) is 6.61 Å². The third kappa shape index (κ3) is 2.67. The fourth-order valence-corrected chi connectivity index (χ4v) is 2.15. The molecule has 0 saturated heterocycles. The van der Waals surface area contributed by atoms with E-state index < -0.39 is 5.97 Å². The van der Waals surface area contributed by atoms with E-state index in [0.717, 1.165) is 0 Å². The van der Waals surface area contributed by atoms with Crippen LogP contribution < -0.4 is 10.3 Å². The minimum absolute atomic E-state index is 0.157. The Bertz CT molecular complexity index is 902. The molecule has 0 bridgehead atoms. The number of hydrogen-bond acceptors (Lipinski definition) is 4. The van der Waals surface area contributed by atoms with E-state index in [2.05, 4.69) is 10.2 Å². The standard InChI is InChI=1S/C16H12N2O4/c19-14-12-6-1-2-7-13(12)15(18-17-14)22-9-10-4-3-5-11(8-10)16(20)21/h1-8H,9H2,(H,17,19)(H,20,21). The maximum atomic E-state index is 11.7. The van der Waals surface area contributed by atoms with Crippen molar-refractivity contribution in [2.75, 3.05) is 0 Å². The Labute approximate surface area is 125 Å². The third-order valence-electron chi connectivity index (χ3n) is 3.21. The predicted molar refractivity (Wildman–Crippen MR) is 80.1 cm³/mol. The van der Waals surface area contributed by atoms with E-state index in [4.69, 9.17) is 9.84 Å². The molecule has 22 heavy (non-hydrogen) atoms. The van der Waals surface area contributed by atoms with E-state index in [0.29, 0.717) is 22.2 Å². The van der Waals surface area contributed by atoms with Gasteiger partial charge in [0.15, 0.2) is 0 Å². The molecule has 0 unspecified atom stereocenters. The predicted octanol–water partition coefficient (Wildman–Crippen LogP) is 2.20. The van der Waals surface area contributed by atoms with Crippen LogP contribution in [0.3, 0.4) is 0 Å². The molecule has 0 amide bonds. The highest BCUT2D eigenvalue weighted by atomic mass is 16.5. The van der Waals surface area contributed by atoms with E-state index in [1.54, 1.807) is 36.4 Å². The van der Waals surface area contributed by atoms with Gasteiger partial charge in [-0.15, -0.1) is 5.10 Å². The number of rotatable bonds is 4. The van der Waals surface area contributed by atoms with Crippen LogP contribution in [0.25, 0.3) is 10.8 Å². The zero-order chi connectivity index (χ0) is 15.5. The van der Waals surface area contributed by atoms with Gasteiger partial charge in [0, 0.05) is 0 Å². The largest absolute Gasteiger partial charge is 0.478 e. The first kappa shape index (κ1) is 13.8. The van der Waals surface area contributed by atoms with Gasteiger partial charge in [-0.05, 0) is 29.8 Å². The van der Waals surface area contributed by atoms with E-state index in [1.165, 1.54) is 12.1 Å². The minimum Gasteiger partial charge on any atom is -0.478 e. The Morgan fingerprint density at radius 3 is 2.68 bits per heavy atom. The molecule has 0 radical (unpaired) electrons. The second kappa shape index (κ2) is 5.69. The van der Waals surface area contributed by atoms with Crippen LogP contribution in [0.2, 0.25) is 0 Å². The first-order valence-corrected chi connectivity index (χ1v) is 6.57. The molecule has 6 nitrogen and oxygen atoms in total. The molecule has 0 saturated carbocycles. The third-order valence-corrected chi connectivity index (χ3v) is 3.21. The van der Waals surface area contributed by atoms with Gasteiger partial charge >= 0.3 is 5.97 Å². The minimum atomic E-state index is -0.991. The summed E-state index contributed by atoms with van der Waals surface area (Å²) in [5.74, 6) is -0.689.